The van der Waals surface area contributed by atoms with E-state index >= 15 is 0 Å². The Bertz CT molecular complexity index is 2450. The summed E-state index contributed by atoms with van der Waals surface area (Å²) in [5, 5.41) is 7.57. The Hall–Kier alpha value is -6.19. The molecule has 9 rings (SSSR count). The smallest absolute Gasteiger partial charge is 0.0708 e. The fraction of sp³-hybridized carbons (Fsp3) is 0. The quantitative estimate of drug-likeness (QED) is 0.189. The van der Waals surface area contributed by atoms with Crippen LogP contribution in [0.1, 0.15) is 0 Å². The Morgan fingerprint density at radius 1 is 0.348 bits per heavy atom. The molecule has 0 radical (unpaired) electrons. The van der Waals surface area contributed by atoms with E-state index in [1.165, 1.54) is 43.4 Å². The molecule has 0 amide bonds. The minimum atomic E-state index is 0.993. The van der Waals surface area contributed by atoms with Crippen molar-refractivity contribution in [1.82, 2.24) is 15.0 Å². The van der Waals surface area contributed by atoms with Crippen LogP contribution in [0.4, 0.5) is 0 Å². The molecule has 0 unspecified atom stereocenters. The predicted octanol–water partition coefficient (Wildman–Crippen LogP) is 11.1. The number of hydrogen-bond acceptors (Lipinski definition) is 3. The molecule has 46 heavy (non-hydrogen) atoms. The van der Waals surface area contributed by atoms with E-state index in [4.69, 9.17) is 0 Å². The van der Waals surface area contributed by atoms with Crippen molar-refractivity contribution in [3.8, 4) is 55.8 Å². The lowest BCUT2D eigenvalue weighted by atomic mass is 9.87. The molecule has 3 aromatic heterocycles. The summed E-state index contributed by atoms with van der Waals surface area (Å²) in [4.78, 5) is 13.5. The number of benzene rings is 6. The Morgan fingerprint density at radius 3 is 1.50 bits per heavy atom. The van der Waals surface area contributed by atoms with Gasteiger partial charge in [-0.25, -0.2) is 0 Å². The van der Waals surface area contributed by atoms with Crippen molar-refractivity contribution in [3.63, 3.8) is 0 Å². The Morgan fingerprint density at radius 2 is 0.891 bits per heavy atom. The first-order valence-corrected chi connectivity index (χ1v) is 15.5. The number of rotatable bonds is 5. The molecule has 0 aliphatic rings. The molecule has 3 nitrogen and oxygen atoms in total. The van der Waals surface area contributed by atoms with Gasteiger partial charge in [-0.15, -0.1) is 0 Å². The van der Waals surface area contributed by atoms with Gasteiger partial charge in [0.05, 0.1) is 5.69 Å². The molecule has 6 aromatic carbocycles. The Kier molecular flexibility index (Phi) is 6.14. The number of hydrogen-bond donors (Lipinski definition) is 0. The van der Waals surface area contributed by atoms with E-state index in [-0.39, 0.29) is 0 Å². The number of nitrogens with zero attached hydrogens (tertiary/aromatic N) is 3. The zero-order valence-electron chi connectivity index (χ0n) is 24.9. The van der Waals surface area contributed by atoms with E-state index in [0.717, 1.165) is 44.6 Å². The number of aromatic nitrogens is 3. The Labute approximate surface area is 266 Å². The summed E-state index contributed by atoms with van der Waals surface area (Å²) in [6, 6.07) is 48.0. The van der Waals surface area contributed by atoms with Crippen LogP contribution in [0.15, 0.2) is 164 Å². The molecular weight excluding hydrogens is 558 g/mol. The zero-order chi connectivity index (χ0) is 30.5. The topological polar surface area (TPSA) is 38.7 Å². The first-order valence-electron chi connectivity index (χ1n) is 15.5. The fourth-order valence-corrected chi connectivity index (χ4v) is 6.86. The summed E-state index contributed by atoms with van der Waals surface area (Å²) < 4.78 is 0. The van der Waals surface area contributed by atoms with Crippen molar-refractivity contribution in [3.05, 3.63) is 164 Å². The van der Waals surface area contributed by atoms with Gasteiger partial charge in [-0.1, -0.05) is 84.9 Å². The summed E-state index contributed by atoms with van der Waals surface area (Å²) >= 11 is 0. The average Bonchev–Trinajstić information content (AvgIpc) is 3.14. The maximum Gasteiger partial charge on any atom is 0.0708 e. The third kappa shape index (κ3) is 4.41. The van der Waals surface area contributed by atoms with E-state index in [9.17, 15) is 0 Å². The summed E-state index contributed by atoms with van der Waals surface area (Å²) in [6.45, 7) is 0. The molecule has 0 aliphatic carbocycles. The van der Waals surface area contributed by atoms with Crippen molar-refractivity contribution < 1.29 is 0 Å². The van der Waals surface area contributed by atoms with E-state index in [0.29, 0.717) is 0 Å². The second-order valence-electron chi connectivity index (χ2n) is 11.7. The summed E-state index contributed by atoms with van der Waals surface area (Å²) in [5.41, 5.74) is 11.3. The van der Waals surface area contributed by atoms with Crippen LogP contribution in [0.5, 0.6) is 0 Å². The zero-order valence-corrected chi connectivity index (χ0v) is 24.9. The van der Waals surface area contributed by atoms with Gasteiger partial charge in [0.1, 0.15) is 0 Å². The maximum absolute atomic E-state index is 4.68. The maximum atomic E-state index is 4.68. The lowest BCUT2D eigenvalue weighted by Crippen LogP contribution is -1.91. The third-order valence-electron chi connectivity index (χ3n) is 9.04. The normalized spacial score (nSPS) is 11.5. The molecule has 9 aromatic rings. The van der Waals surface area contributed by atoms with E-state index in [1.54, 1.807) is 0 Å². The lowest BCUT2D eigenvalue weighted by Gasteiger charge is -2.17. The molecule has 0 bridgehead atoms. The minimum Gasteiger partial charge on any atom is -0.264 e. The van der Waals surface area contributed by atoms with Gasteiger partial charge < -0.3 is 0 Å². The van der Waals surface area contributed by atoms with Crippen LogP contribution >= 0.6 is 0 Å². The number of pyridine rings is 3. The van der Waals surface area contributed by atoms with Crippen molar-refractivity contribution in [2.75, 3.05) is 0 Å². The van der Waals surface area contributed by atoms with Crippen molar-refractivity contribution in [2.45, 2.75) is 0 Å². The van der Waals surface area contributed by atoms with Crippen LogP contribution in [0.3, 0.4) is 0 Å². The van der Waals surface area contributed by atoms with Gasteiger partial charge in [0.25, 0.3) is 0 Å². The van der Waals surface area contributed by atoms with Gasteiger partial charge >= 0.3 is 0 Å². The van der Waals surface area contributed by atoms with Crippen LogP contribution in [-0.4, -0.2) is 15.0 Å². The van der Waals surface area contributed by atoms with Gasteiger partial charge in [0.15, 0.2) is 0 Å². The minimum absolute atomic E-state index is 0.993. The Balaban J connectivity index is 1.22. The SMILES string of the molecule is c1ccc(-c2ccc3ccc4c(-c5cccc(-c6cc(-c7cccnc7)cc(-c7cccnc7)c6)c5)ccc5ccc2c3c54)nc1. The van der Waals surface area contributed by atoms with Gasteiger partial charge in [0, 0.05) is 47.7 Å². The summed E-state index contributed by atoms with van der Waals surface area (Å²) in [5.74, 6) is 0. The van der Waals surface area contributed by atoms with Crippen LogP contribution in [0.2, 0.25) is 0 Å². The van der Waals surface area contributed by atoms with Crippen molar-refractivity contribution >= 4 is 32.3 Å². The molecular formula is C43H27N3. The first-order chi connectivity index (χ1) is 22.8. The molecule has 0 fully saturated rings. The molecule has 0 saturated carbocycles. The average molecular weight is 586 g/mol. The molecule has 0 aliphatic heterocycles. The third-order valence-corrected chi connectivity index (χ3v) is 9.04. The fourth-order valence-electron chi connectivity index (χ4n) is 6.86. The van der Waals surface area contributed by atoms with Crippen LogP contribution in [0, 0.1) is 0 Å². The lowest BCUT2D eigenvalue weighted by molar-refractivity contribution is 1.32. The molecule has 0 saturated heterocycles. The van der Waals surface area contributed by atoms with Crippen LogP contribution in [0.25, 0.3) is 88.1 Å². The standard InChI is InChI=1S/C43H27N3/c1-2-21-46-41(10-1)38-16-12-29-13-17-39-37(15-11-28-14-18-40(38)43(29)42(28)39)31-7-3-6-30(22-31)34-23-35(32-8-4-19-44-26-32)25-36(24-34)33-9-5-20-45-27-33/h1-27H. The second-order valence-corrected chi connectivity index (χ2v) is 11.7. The molecule has 0 spiro atoms. The van der Waals surface area contributed by atoms with Crippen molar-refractivity contribution in [2.24, 2.45) is 0 Å². The van der Waals surface area contributed by atoms with E-state index in [1.807, 2.05) is 49.2 Å². The second kappa shape index (κ2) is 10.8. The first kappa shape index (κ1) is 26.2. The van der Waals surface area contributed by atoms with Crippen molar-refractivity contribution in [1.29, 1.82) is 0 Å². The van der Waals surface area contributed by atoms with Gasteiger partial charge in [-0.2, -0.15) is 0 Å². The molecule has 3 heteroatoms. The summed E-state index contributed by atoms with van der Waals surface area (Å²) in [6.07, 6.45) is 9.34. The molecule has 0 N–H and O–H groups in total. The highest BCUT2D eigenvalue weighted by molar-refractivity contribution is 6.27. The van der Waals surface area contributed by atoms with Gasteiger partial charge in [0.2, 0.25) is 0 Å². The molecule has 3 heterocycles. The largest absolute Gasteiger partial charge is 0.264 e. The predicted molar refractivity (Wildman–Crippen MR) is 191 cm³/mol. The highest BCUT2D eigenvalue weighted by Gasteiger charge is 2.16. The van der Waals surface area contributed by atoms with Gasteiger partial charge in [-0.3, -0.25) is 15.0 Å². The monoisotopic (exact) mass is 585 g/mol. The highest BCUT2D eigenvalue weighted by atomic mass is 14.7. The molecule has 0 atom stereocenters. The van der Waals surface area contributed by atoms with Crippen LogP contribution in [-0.2, 0) is 0 Å². The molecule has 214 valence electrons. The van der Waals surface area contributed by atoms with E-state index in [2.05, 4.69) is 130 Å². The van der Waals surface area contributed by atoms with E-state index < -0.39 is 0 Å². The highest BCUT2D eigenvalue weighted by Crippen LogP contribution is 2.43. The van der Waals surface area contributed by atoms with Gasteiger partial charge in [-0.05, 0) is 114 Å². The summed E-state index contributed by atoms with van der Waals surface area (Å²) in [7, 11) is 0. The van der Waals surface area contributed by atoms with Crippen LogP contribution < -0.4 is 0 Å².